The summed E-state index contributed by atoms with van der Waals surface area (Å²) in [7, 11) is 0. The second kappa shape index (κ2) is 5.30. The fourth-order valence-electron chi connectivity index (χ4n) is 2.83. The molecule has 1 aromatic carbocycles. The smallest absolute Gasteiger partial charge is 0.397 e. The highest BCUT2D eigenvalue weighted by Crippen LogP contribution is 2.31. The van der Waals surface area contributed by atoms with E-state index in [0.717, 1.165) is 39.9 Å². The molecule has 3 aromatic rings. The van der Waals surface area contributed by atoms with E-state index in [1.54, 1.807) is 12.4 Å². The Morgan fingerprint density at radius 3 is 2.35 bits per heavy atom. The molecule has 0 saturated heterocycles. The number of aromatic nitrogens is 2. The van der Waals surface area contributed by atoms with Gasteiger partial charge in [0.25, 0.3) is 0 Å². The van der Waals surface area contributed by atoms with Crippen molar-refractivity contribution in [3.05, 3.63) is 59.0 Å². The van der Waals surface area contributed by atoms with Gasteiger partial charge in [0.15, 0.2) is 0 Å². The van der Waals surface area contributed by atoms with Crippen molar-refractivity contribution < 1.29 is 13.2 Å². The molecule has 0 spiro atoms. The molecule has 0 radical (unpaired) electrons. The van der Waals surface area contributed by atoms with Crippen LogP contribution in [0.15, 0.2) is 36.7 Å². The monoisotopic (exact) mass is 319 g/mol. The summed E-state index contributed by atoms with van der Waals surface area (Å²) in [6.45, 7) is 4.43. The number of nitrogens with two attached hydrogens (primary N) is 1. The summed E-state index contributed by atoms with van der Waals surface area (Å²) in [6.07, 6.45) is -0.976. The zero-order valence-corrected chi connectivity index (χ0v) is 12.8. The van der Waals surface area contributed by atoms with Crippen molar-refractivity contribution in [2.45, 2.75) is 26.6 Å². The first-order chi connectivity index (χ1) is 10.8. The minimum atomic E-state index is -4.32. The average Bonchev–Trinajstić information content (AvgIpc) is 2.73. The lowest BCUT2D eigenvalue weighted by atomic mass is 10.1. The van der Waals surface area contributed by atoms with E-state index in [2.05, 4.69) is 4.98 Å². The molecule has 3 nitrogen and oxygen atoms in total. The third-order valence-electron chi connectivity index (χ3n) is 4.19. The van der Waals surface area contributed by atoms with Gasteiger partial charge in [-0.3, -0.25) is 4.98 Å². The molecule has 3 rings (SSSR count). The van der Waals surface area contributed by atoms with Gasteiger partial charge >= 0.3 is 6.18 Å². The Morgan fingerprint density at radius 2 is 1.74 bits per heavy atom. The molecule has 23 heavy (non-hydrogen) atoms. The first kappa shape index (κ1) is 15.4. The average molecular weight is 319 g/mol. The van der Waals surface area contributed by atoms with Crippen LogP contribution in [-0.2, 0) is 12.7 Å². The molecule has 2 N–H and O–H groups in total. The van der Waals surface area contributed by atoms with Crippen molar-refractivity contribution in [3.8, 4) is 0 Å². The minimum Gasteiger partial charge on any atom is -0.397 e. The van der Waals surface area contributed by atoms with Crippen molar-refractivity contribution in [3.63, 3.8) is 0 Å². The SMILES string of the molecule is Cc1c(C)n(Cc2ccc(C(F)(F)F)cc2)c2cncc(N)c12. The van der Waals surface area contributed by atoms with Crippen LogP contribution in [0.5, 0.6) is 0 Å². The van der Waals surface area contributed by atoms with E-state index in [-0.39, 0.29) is 0 Å². The van der Waals surface area contributed by atoms with E-state index in [1.807, 2.05) is 18.4 Å². The van der Waals surface area contributed by atoms with Crippen LogP contribution in [0.1, 0.15) is 22.4 Å². The number of anilines is 1. The summed E-state index contributed by atoms with van der Waals surface area (Å²) in [4.78, 5) is 4.12. The van der Waals surface area contributed by atoms with Crippen LogP contribution in [0.4, 0.5) is 18.9 Å². The molecule has 2 heterocycles. The normalized spacial score (nSPS) is 12.0. The van der Waals surface area contributed by atoms with Gasteiger partial charge in [-0.15, -0.1) is 0 Å². The van der Waals surface area contributed by atoms with Gasteiger partial charge in [0.05, 0.1) is 29.2 Å². The Hall–Kier alpha value is -2.50. The molecule has 0 aliphatic rings. The van der Waals surface area contributed by atoms with Crippen LogP contribution < -0.4 is 5.73 Å². The zero-order valence-electron chi connectivity index (χ0n) is 12.8. The number of halogens is 3. The van der Waals surface area contributed by atoms with E-state index in [9.17, 15) is 13.2 Å². The van der Waals surface area contributed by atoms with Crippen LogP contribution in [-0.4, -0.2) is 9.55 Å². The first-order valence-electron chi connectivity index (χ1n) is 7.14. The maximum Gasteiger partial charge on any atom is 0.416 e. The summed E-state index contributed by atoms with van der Waals surface area (Å²) in [5, 5.41) is 0.949. The maximum absolute atomic E-state index is 12.6. The van der Waals surface area contributed by atoms with Crippen LogP contribution in [0.2, 0.25) is 0 Å². The van der Waals surface area contributed by atoms with Gasteiger partial charge in [0.1, 0.15) is 0 Å². The molecular weight excluding hydrogens is 303 g/mol. The summed E-state index contributed by atoms with van der Waals surface area (Å²) in [6, 6.07) is 5.22. The summed E-state index contributed by atoms with van der Waals surface area (Å²) in [5.41, 5.74) is 9.73. The molecule has 2 aromatic heterocycles. The number of hydrogen-bond acceptors (Lipinski definition) is 2. The van der Waals surface area contributed by atoms with Crippen LogP contribution in [0, 0.1) is 13.8 Å². The Kier molecular flexibility index (Phi) is 3.55. The third-order valence-corrected chi connectivity index (χ3v) is 4.19. The number of rotatable bonds is 2. The largest absolute Gasteiger partial charge is 0.416 e. The number of fused-ring (bicyclic) bond motifs is 1. The number of aryl methyl sites for hydroxylation is 1. The molecule has 0 fully saturated rings. The maximum atomic E-state index is 12.6. The van der Waals surface area contributed by atoms with Crippen molar-refractivity contribution in [2.75, 3.05) is 5.73 Å². The highest BCUT2D eigenvalue weighted by molar-refractivity contribution is 5.94. The number of nitrogen functional groups attached to an aromatic ring is 1. The number of pyridine rings is 1. The second-order valence-corrected chi connectivity index (χ2v) is 5.61. The summed E-state index contributed by atoms with van der Waals surface area (Å²) in [5.74, 6) is 0. The van der Waals surface area contributed by atoms with Gasteiger partial charge in [-0.2, -0.15) is 13.2 Å². The first-order valence-corrected chi connectivity index (χ1v) is 7.14. The lowest BCUT2D eigenvalue weighted by molar-refractivity contribution is -0.137. The summed E-state index contributed by atoms with van der Waals surface area (Å²) < 4.78 is 39.9. The lowest BCUT2D eigenvalue weighted by Gasteiger charge is -2.11. The van der Waals surface area contributed by atoms with Crippen LogP contribution in [0.3, 0.4) is 0 Å². The van der Waals surface area contributed by atoms with Crippen LogP contribution in [0.25, 0.3) is 10.9 Å². The number of benzene rings is 1. The fraction of sp³-hybridized carbons (Fsp3) is 0.235. The van der Waals surface area contributed by atoms with Crippen molar-refractivity contribution in [1.29, 1.82) is 0 Å². The predicted octanol–water partition coefficient (Wildman–Crippen LogP) is 4.30. The van der Waals surface area contributed by atoms with E-state index in [1.165, 1.54) is 12.1 Å². The Balaban J connectivity index is 2.02. The number of alkyl halides is 3. The Bertz CT molecular complexity index is 861. The minimum absolute atomic E-state index is 0.472. The summed E-state index contributed by atoms with van der Waals surface area (Å²) >= 11 is 0. The van der Waals surface area contributed by atoms with E-state index >= 15 is 0 Å². The molecule has 0 unspecified atom stereocenters. The van der Waals surface area contributed by atoms with E-state index in [4.69, 9.17) is 5.73 Å². The molecule has 0 saturated carbocycles. The Morgan fingerprint density at radius 1 is 1.09 bits per heavy atom. The second-order valence-electron chi connectivity index (χ2n) is 5.61. The molecule has 6 heteroatoms. The van der Waals surface area contributed by atoms with Crippen molar-refractivity contribution in [1.82, 2.24) is 9.55 Å². The third kappa shape index (κ3) is 2.65. The molecule has 0 bridgehead atoms. The topological polar surface area (TPSA) is 43.8 Å². The van der Waals surface area contributed by atoms with Gasteiger partial charge in [-0.1, -0.05) is 12.1 Å². The van der Waals surface area contributed by atoms with Gasteiger partial charge < -0.3 is 10.3 Å². The van der Waals surface area contributed by atoms with Gasteiger partial charge in [-0.25, -0.2) is 0 Å². The number of hydrogen-bond donors (Lipinski definition) is 1. The van der Waals surface area contributed by atoms with Crippen molar-refractivity contribution >= 4 is 16.6 Å². The van der Waals surface area contributed by atoms with Gasteiger partial charge in [0.2, 0.25) is 0 Å². The fourth-order valence-corrected chi connectivity index (χ4v) is 2.83. The standard InChI is InChI=1S/C17H16F3N3/c1-10-11(2)23(15-8-22-7-14(21)16(10)15)9-12-3-5-13(6-4-12)17(18,19)20/h3-8H,9,21H2,1-2H3. The highest BCUT2D eigenvalue weighted by atomic mass is 19.4. The van der Waals surface area contributed by atoms with E-state index < -0.39 is 11.7 Å². The molecule has 120 valence electrons. The zero-order chi connectivity index (χ0) is 16.8. The van der Waals surface area contributed by atoms with Gasteiger partial charge in [0, 0.05) is 17.6 Å². The molecular formula is C17H16F3N3. The van der Waals surface area contributed by atoms with Gasteiger partial charge in [-0.05, 0) is 37.1 Å². The quantitative estimate of drug-likeness (QED) is 0.765. The lowest BCUT2D eigenvalue weighted by Crippen LogP contribution is -2.06. The molecule has 0 aliphatic carbocycles. The van der Waals surface area contributed by atoms with Crippen molar-refractivity contribution in [2.24, 2.45) is 0 Å². The Labute approximate surface area is 131 Å². The van der Waals surface area contributed by atoms with E-state index in [0.29, 0.717) is 12.2 Å². The molecule has 0 atom stereocenters. The molecule has 0 amide bonds. The highest BCUT2D eigenvalue weighted by Gasteiger charge is 2.29. The molecule has 0 aliphatic heterocycles. The van der Waals surface area contributed by atoms with Crippen LogP contribution >= 0.6 is 0 Å². The number of nitrogens with zero attached hydrogens (tertiary/aromatic N) is 2. The predicted molar refractivity (Wildman–Crippen MR) is 84.2 cm³/mol.